The Morgan fingerprint density at radius 2 is 1.83 bits per heavy atom. The molecule has 0 unspecified atom stereocenters. The Balaban J connectivity index is 1.76. The van der Waals surface area contributed by atoms with Crippen molar-refractivity contribution in [3.63, 3.8) is 0 Å². The third kappa shape index (κ3) is 3.92. The summed E-state index contributed by atoms with van der Waals surface area (Å²) in [6, 6.07) is 10.6. The lowest BCUT2D eigenvalue weighted by molar-refractivity contribution is 0.602. The van der Waals surface area contributed by atoms with Crippen LogP contribution in [-0.2, 0) is 0 Å². The van der Waals surface area contributed by atoms with Crippen molar-refractivity contribution in [1.29, 1.82) is 0 Å². The summed E-state index contributed by atoms with van der Waals surface area (Å²) in [5.74, 6) is 1.58. The van der Waals surface area contributed by atoms with Crippen molar-refractivity contribution in [1.82, 2.24) is 4.98 Å². The van der Waals surface area contributed by atoms with Crippen LogP contribution in [0.3, 0.4) is 0 Å². The van der Waals surface area contributed by atoms with Gasteiger partial charge in [0.25, 0.3) is 0 Å². The van der Waals surface area contributed by atoms with Gasteiger partial charge in [-0.3, -0.25) is 0 Å². The van der Waals surface area contributed by atoms with Crippen LogP contribution in [0.1, 0.15) is 0 Å². The summed E-state index contributed by atoms with van der Waals surface area (Å²) < 4.78 is 13.3. The number of nitrogens with two attached hydrogens (primary N) is 1. The zero-order valence-corrected chi connectivity index (χ0v) is 11.3. The van der Waals surface area contributed by atoms with Crippen LogP contribution in [0.25, 0.3) is 0 Å². The van der Waals surface area contributed by atoms with Crippen LogP contribution in [0.15, 0.2) is 52.5 Å². The van der Waals surface area contributed by atoms with Gasteiger partial charge >= 0.3 is 0 Å². The number of aromatic nitrogens is 1. The van der Waals surface area contributed by atoms with E-state index in [9.17, 15) is 4.39 Å². The first-order chi connectivity index (χ1) is 8.75. The minimum atomic E-state index is -0.155. The summed E-state index contributed by atoms with van der Waals surface area (Å²) >= 11 is 3.17. The third-order valence-corrected chi connectivity index (χ3v) is 4.44. The molecule has 2 rings (SSSR count). The van der Waals surface area contributed by atoms with Gasteiger partial charge in [0.15, 0.2) is 0 Å². The van der Waals surface area contributed by atoms with Crippen molar-refractivity contribution in [3.05, 3.63) is 48.4 Å². The number of nitrogen functional groups attached to an aromatic ring is 1. The standard InChI is InChI=1S/C13H13FN2S2/c14-11-3-1-2-4-12(11)17-7-8-18-13-6-5-10(15)9-16-13/h1-6,9H,7-8,15H2. The van der Waals surface area contributed by atoms with E-state index in [1.165, 1.54) is 17.8 Å². The quantitative estimate of drug-likeness (QED) is 0.669. The van der Waals surface area contributed by atoms with Crippen molar-refractivity contribution in [2.24, 2.45) is 0 Å². The molecule has 1 aromatic heterocycles. The minimum Gasteiger partial charge on any atom is -0.397 e. The summed E-state index contributed by atoms with van der Waals surface area (Å²) in [5, 5.41) is 0.943. The summed E-state index contributed by atoms with van der Waals surface area (Å²) in [6.07, 6.45) is 1.65. The number of thioether (sulfide) groups is 2. The van der Waals surface area contributed by atoms with Gasteiger partial charge in [0.2, 0.25) is 0 Å². The van der Waals surface area contributed by atoms with E-state index < -0.39 is 0 Å². The number of nitrogens with zero attached hydrogens (tertiary/aromatic N) is 1. The van der Waals surface area contributed by atoms with E-state index in [2.05, 4.69) is 4.98 Å². The Kier molecular flexibility index (Phi) is 4.90. The number of benzene rings is 1. The van der Waals surface area contributed by atoms with E-state index in [0.29, 0.717) is 10.6 Å². The van der Waals surface area contributed by atoms with Gasteiger partial charge in [0.1, 0.15) is 5.82 Å². The van der Waals surface area contributed by atoms with Gasteiger partial charge in [-0.1, -0.05) is 12.1 Å². The fourth-order valence-electron chi connectivity index (χ4n) is 1.34. The first-order valence-electron chi connectivity index (χ1n) is 5.47. The molecule has 0 radical (unpaired) electrons. The Hall–Kier alpha value is -1.20. The molecular weight excluding hydrogens is 267 g/mol. The van der Waals surface area contributed by atoms with Crippen molar-refractivity contribution in [2.45, 2.75) is 9.92 Å². The molecule has 0 aliphatic rings. The van der Waals surface area contributed by atoms with E-state index in [1.54, 1.807) is 30.1 Å². The molecule has 0 aliphatic heterocycles. The normalized spacial score (nSPS) is 10.5. The first kappa shape index (κ1) is 13.2. The highest BCUT2D eigenvalue weighted by Gasteiger charge is 2.01. The van der Waals surface area contributed by atoms with E-state index >= 15 is 0 Å². The second kappa shape index (κ2) is 6.66. The molecule has 2 nitrogen and oxygen atoms in total. The maximum Gasteiger partial charge on any atom is 0.136 e. The van der Waals surface area contributed by atoms with E-state index in [0.717, 1.165) is 16.5 Å². The van der Waals surface area contributed by atoms with Crippen molar-refractivity contribution in [2.75, 3.05) is 17.2 Å². The second-order valence-corrected chi connectivity index (χ2v) is 5.81. The second-order valence-electron chi connectivity index (χ2n) is 3.56. The van der Waals surface area contributed by atoms with Crippen LogP contribution in [0, 0.1) is 5.82 Å². The minimum absolute atomic E-state index is 0.155. The van der Waals surface area contributed by atoms with Crippen LogP contribution < -0.4 is 5.73 Å². The number of rotatable bonds is 5. The zero-order chi connectivity index (χ0) is 12.8. The Labute approximate surface area is 114 Å². The largest absolute Gasteiger partial charge is 0.397 e. The zero-order valence-electron chi connectivity index (χ0n) is 9.67. The van der Waals surface area contributed by atoms with Gasteiger partial charge in [-0.05, 0) is 24.3 Å². The maximum absolute atomic E-state index is 13.3. The molecule has 1 heterocycles. The smallest absolute Gasteiger partial charge is 0.136 e. The van der Waals surface area contributed by atoms with Crippen molar-refractivity contribution in [3.8, 4) is 0 Å². The number of hydrogen-bond donors (Lipinski definition) is 1. The highest BCUT2D eigenvalue weighted by molar-refractivity contribution is 8.02. The van der Waals surface area contributed by atoms with Gasteiger partial charge < -0.3 is 5.73 Å². The molecule has 2 aromatic rings. The van der Waals surface area contributed by atoms with Gasteiger partial charge in [0, 0.05) is 16.4 Å². The molecule has 0 bridgehead atoms. The van der Waals surface area contributed by atoms with Crippen LogP contribution in [-0.4, -0.2) is 16.5 Å². The van der Waals surface area contributed by atoms with Crippen LogP contribution in [0.5, 0.6) is 0 Å². The Bertz CT molecular complexity index is 503. The predicted molar refractivity (Wildman–Crippen MR) is 76.5 cm³/mol. The summed E-state index contributed by atoms with van der Waals surface area (Å²) in [5.41, 5.74) is 6.22. The molecule has 18 heavy (non-hydrogen) atoms. The van der Waals surface area contributed by atoms with Gasteiger partial charge in [-0.2, -0.15) is 0 Å². The van der Waals surface area contributed by atoms with E-state index in [1.807, 2.05) is 18.2 Å². The third-order valence-electron chi connectivity index (χ3n) is 2.19. The van der Waals surface area contributed by atoms with Gasteiger partial charge in [-0.15, -0.1) is 23.5 Å². The Morgan fingerprint density at radius 3 is 2.56 bits per heavy atom. The number of halogens is 1. The molecule has 0 spiro atoms. The highest BCUT2D eigenvalue weighted by atomic mass is 32.2. The van der Waals surface area contributed by atoms with Crippen molar-refractivity contribution >= 4 is 29.2 Å². The molecule has 0 saturated heterocycles. The number of pyridine rings is 1. The van der Waals surface area contributed by atoms with Crippen LogP contribution in [0.2, 0.25) is 0 Å². The average molecular weight is 280 g/mol. The number of anilines is 1. The lowest BCUT2D eigenvalue weighted by Crippen LogP contribution is -1.90. The fraction of sp³-hybridized carbons (Fsp3) is 0.154. The van der Waals surface area contributed by atoms with Crippen LogP contribution >= 0.6 is 23.5 Å². The number of hydrogen-bond acceptors (Lipinski definition) is 4. The molecule has 94 valence electrons. The molecule has 0 amide bonds. The molecule has 2 N–H and O–H groups in total. The Morgan fingerprint density at radius 1 is 1.06 bits per heavy atom. The molecule has 1 aromatic carbocycles. The predicted octanol–water partition coefficient (Wildman–Crippen LogP) is 3.69. The van der Waals surface area contributed by atoms with Crippen LogP contribution in [0.4, 0.5) is 10.1 Å². The fourth-order valence-corrected chi connectivity index (χ4v) is 3.10. The van der Waals surface area contributed by atoms with Gasteiger partial charge in [-0.25, -0.2) is 9.37 Å². The molecular formula is C13H13FN2S2. The van der Waals surface area contributed by atoms with Crippen molar-refractivity contribution < 1.29 is 4.39 Å². The lowest BCUT2D eigenvalue weighted by Gasteiger charge is -2.03. The molecule has 5 heteroatoms. The average Bonchev–Trinajstić information content (AvgIpc) is 2.39. The monoisotopic (exact) mass is 280 g/mol. The maximum atomic E-state index is 13.3. The summed E-state index contributed by atoms with van der Waals surface area (Å²) in [4.78, 5) is 4.89. The summed E-state index contributed by atoms with van der Waals surface area (Å²) in [6.45, 7) is 0. The SMILES string of the molecule is Nc1ccc(SCCSc2ccccc2F)nc1. The lowest BCUT2D eigenvalue weighted by atomic mass is 10.3. The molecule has 0 saturated carbocycles. The molecule has 0 atom stereocenters. The molecule has 0 fully saturated rings. The van der Waals surface area contributed by atoms with E-state index in [-0.39, 0.29) is 5.82 Å². The summed E-state index contributed by atoms with van der Waals surface area (Å²) in [7, 11) is 0. The van der Waals surface area contributed by atoms with Gasteiger partial charge in [0.05, 0.1) is 16.9 Å². The van der Waals surface area contributed by atoms with E-state index in [4.69, 9.17) is 5.73 Å². The topological polar surface area (TPSA) is 38.9 Å². The first-order valence-corrected chi connectivity index (χ1v) is 7.44. The highest BCUT2D eigenvalue weighted by Crippen LogP contribution is 2.24. The molecule has 0 aliphatic carbocycles.